The molecule has 0 aliphatic rings. The number of ether oxygens (including phenoxy) is 1. The van der Waals surface area contributed by atoms with Crippen molar-refractivity contribution in [3.8, 4) is 5.75 Å². The largest absolute Gasteiger partial charge is 0.497 e. The zero-order valence-electron chi connectivity index (χ0n) is 12.8. The molecule has 1 amide bonds. The summed E-state index contributed by atoms with van der Waals surface area (Å²) in [6.45, 7) is 0. The molecule has 0 aliphatic carbocycles. The van der Waals surface area contributed by atoms with Gasteiger partial charge in [0.1, 0.15) is 5.75 Å². The first-order chi connectivity index (χ1) is 11.6. The van der Waals surface area contributed by atoms with E-state index in [4.69, 9.17) is 20.8 Å². The van der Waals surface area contributed by atoms with E-state index in [1.807, 2.05) is 30.3 Å². The molecule has 0 spiro atoms. The quantitative estimate of drug-likeness (QED) is 0.724. The number of anilines is 1. The van der Waals surface area contributed by atoms with E-state index in [9.17, 15) is 4.79 Å². The highest BCUT2D eigenvalue weighted by molar-refractivity contribution is 7.16. The van der Waals surface area contributed by atoms with E-state index in [2.05, 4.69) is 15.5 Å². The second-order valence-corrected chi connectivity index (χ2v) is 6.76. The van der Waals surface area contributed by atoms with Gasteiger partial charge < -0.3 is 9.15 Å². The van der Waals surface area contributed by atoms with Crippen LogP contribution in [0.3, 0.4) is 0 Å². The molecule has 1 aromatic carbocycles. The minimum absolute atomic E-state index is 0.0890. The van der Waals surface area contributed by atoms with Gasteiger partial charge in [0, 0.05) is 4.88 Å². The van der Waals surface area contributed by atoms with Crippen molar-refractivity contribution in [2.24, 2.45) is 0 Å². The van der Waals surface area contributed by atoms with Gasteiger partial charge in [-0.2, -0.15) is 0 Å². The van der Waals surface area contributed by atoms with Gasteiger partial charge in [-0.25, -0.2) is 0 Å². The summed E-state index contributed by atoms with van der Waals surface area (Å²) in [5.74, 6) is 0.980. The Morgan fingerprint density at radius 3 is 2.71 bits per heavy atom. The highest BCUT2D eigenvalue weighted by Gasteiger charge is 2.12. The fraction of sp³-hybridized carbons (Fsp3) is 0.188. The number of nitrogens with one attached hydrogen (secondary N) is 1. The Balaban J connectivity index is 1.57. The fourth-order valence-corrected chi connectivity index (χ4v) is 3.15. The minimum Gasteiger partial charge on any atom is -0.497 e. The van der Waals surface area contributed by atoms with Crippen LogP contribution < -0.4 is 10.1 Å². The number of thiophene rings is 1. The first-order valence-corrected chi connectivity index (χ1v) is 8.31. The van der Waals surface area contributed by atoms with Crippen LogP contribution >= 0.6 is 22.9 Å². The molecule has 0 saturated heterocycles. The van der Waals surface area contributed by atoms with Crippen molar-refractivity contribution < 1.29 is 13.9 Å². The second kappa shape index (κ2) is 7.46. The van der Waals surface area contributed by atoms with Crippen molar-refractivity contribution in [2.75, 3.05) is 12.4 Å². The first-order valence-electron chi connectivity index (χ1n) is 7.12. The highest BCUT2D eigenvalue weighted by atomic mass is 35.5. The van der Waals surface area contributed by atoms with Crippen molar-refractivity contribution in [1.29, 1.82) is 0 Å². The van der Waals surface area contributed by atoms with Crippen LogP contribution in [0.4, 0.5) is 6.01 Å². The molecule has 0 radical (unpaired) electrons. The number of aromatic nitrogens is 2. The average Bonchev–Trinajstić information content (AvgIpc) is 3.17. The van der Waals surface area contributed by atoms with Crippen LogP contribution in [0.2, 0.25) is 4.34 Å². The summed E-state index contributed by atoms with van der Waals surface area (Å²) in [7, 11) is 1.62. The maximum Gasteiger partial charge on any atom is 0.322 e. The maximum absolute atomic E-state index is 11.9. The van der Waals surface area contributed by atoms with E-state index in [-0.39, 0.29) is 18.3 Å². The summed E-state index contributed by atoms with van der Waals surface area (Å²) in [5, 5.41) is 10.4. The topological polar surface area (TPSA) is 77.3 Å². The summed E-state index contributed by atoms with van der Waals surface area (Å²) >= 11 is 7.21. The maximum atomic E-state index is 11.9. The van der Waals surface area contributed by atoms with E-state index in [0.29, 0.717) is 16.6 Å². The van der Waals surface area contributed by atoms with Crippen molar-refractivity contribution >= 4 is 34.9 Å². The molecule has 8 heteroatoms. The lowest BCUT2D eigenvalue weighted by atomic mass is 10.1. The van der Waals surface area contributed by atoms with Gasteiger partial charge >= 0.3 is 6.01 Å². The van der Waals surface area contributed by atoms with Crippen LogP contribution in [-0.2, 0) is 17.6 Å². The Morgan fingerprint density at radius 2 is 2.04 bits per heavy atom. The molecule has 0 atom stereocenters. The number of methoxy groups -OCH3 is 1. The summed E-state index contributed by atoms with van der Waals surface area (Å²) in [6.07, 6.45) is 0.695. The Bertz CT molecular complexity index is 829. The van der Waals surface area contributed by atoms with Crippen LogP contribution in [0.15, 0.2) is 40.8 Å². The van der Waals surface area contributed by atoms with Gasteiger partial charge in [-0.1, -0.05) is 28.8 Å². The number of rotatable bonds is 6. The lowest BCUT2D eigenvalue weighted by Crippen LogP contribution is -2.13. The lowest BCUT2D eigenvalue weighted by molar-refractivity contribution is -0.115. The van der Waals surface area contributed by atoms with Gasteiger partial charge in [0.05, 0.1) is 24.3 Å². The summed E-state index contributed by atoms with van der Waals surface area (Å²) in [4.78, 5) is 12.8. The molecule has 0 aliphatic heterocycles. The number of halogens is 1. The number of benzene rings is 1. The molecule has 6 nitrogen and oxygen atoms in total. The van der Waals surface area contributed by atoms with Gasteiger partial charge in [0.2, 0.25) is 11.8 Å². The molecule has 124 valence electrons. The molecule has 1 N–H and O–H groups in total. The number of nitrogens with zero attached hydrogens (tertiary/aromatic N) is 2. The number of carbonyl (C=O) groups is 1. The van der Waals surface area contributed by atoms with Crippen LogP contribution in [0.5, 0.6) is 5.75 Å². The summed E-state index contributed by atoms with van der Waals surface area (Å²) in [6, 6.07) is 11.2. The molecule has 0 saturated carbocycles. The van der Waals surface area contributed by atoms with Crippen molar-refractivity contribution in [3.63, 3.8) is 0 Å². The highest BCUT2D eigenvalue weighted by Crippen LogP contribution is 2.22. The SMILES string of the molecule is COc1ccc(Cc2nnc(NC(=O)Cc3ccc(Cl)s3)o2)cc1. The molecule has 0 unspecified atom stereocenters. The fourth-order valence-electron chi connectivity index (χ4n) is 2.06. The monoisotopic (exact) mass is 363 g/mol. The summed E-state index contributed by atoms with van der Waals surface area (Å²) < 4.78 is 11.2. The predicted octanol–water partition coefficient (Wildman–Crippen LogP) is 3.57. The van der Waals surface area contributed by atoms with Crippen LogP contribution in [0.25, 0.3) is 0 Å². The Morgan fingerprint density at radius 1 is 1.25 bits per heavy atom. The standard InChI is InChI=1S/C16H14ClN3O3S/c1-22-11-4-2-10(3-5-11)8-15-19-20-16(23-15)18-14(21)9-12-6-7-13(17)24-12/h2-7H,8-9H2,1H3,(H,18,20,21). The van der Waals surface area contributed by atoms with Crippen molar-refractivity contribution in [2.45, 2.75) is 12.8 Å². The molecule has 3 aromatic rings. The smallest absolute Gasteiger partial charge is 0.322 e. The third-order valence-electron chi connectivity index (χ3n) is 3.19. The van der Waals surface area contributed by atoms with Crippen LogP contribution in [-0.4, -0.2) is 23.2 Å². The Kier molecular flexibility index (Phi) is 5.12. The van der Waals surface area contributed by atoms with E-state index >= 15 is 0 Å². The Labute approximate surface area is 147 Å². The van der Waals surface area contributed by atoms with Gasteiger partial charge in [0.15, 0.2) is 0 Å². The van der Waals surface area contributed by atoms with E-state index < -0.39 is 0 Å². The molecular formula is C16H14ClN3O3S. The lowest BCUT2D eigenvalue weighted by Gasteiger charge is -2.01. The number of hydrogen-bond acceptors (Lipinski definition) is 6. The van der Waals surface area contributed by atoms with E-state index in [1.165, 1.54) is 11.3 Å². The van der Waals surface area contributed by atoms with Gasteiger partial charge in [-0.15, -0.1) is 16.4 Å². The average molecular weight is 364 g/mol. The molecule has 2 aromatic heterocycles. The molecule has 3 rings (SSSR count). The third kappa shape index (κ3) is 4.33. The number of hydrogen-bond donors (Lipinski definition) is 1. The van der Waals surface area contributed by atoms with Crippen LogP contribution in [0, 0.1) is 0 Å². The van der Waals surface area contributed by atoms with E-state index in [0.717, 1.165) is 16.2 Å². The van der Waals surface area contributed by atoms with Gasteiger partial charge in [-0.3, -0.25) is 10.1 Å². The predicted molar refractivity (Wildman–Crippen MR) is 91.8 cm³/mol. The zero-order valence-corrected chi connectivity index (χ0v) is 14.4. The van der Waals surface area contributed by atoms with Gasteiger partial charge in [0.25, 0.3) is 0 Å². The van der Waals surface area contributed by atoms with Crippen molar-refractivity contribution in [3.05, 3.63) is 57.1 Å². The zero-order chi connectivity index (χ0) is 16.9. The molecule has 0 bridgehead atoms. The normalized spacial score (nSPS) is 10.6. The van der Waals surface area contributed by atoms with E-state index in [1.54, 1.807) is 13.2 Å². The molecule has 24 heavy (non-hydrogen) atoms. The first kappa shape index (κ1) is 16.5. The molecule has 2 heterocycles. The minimum atomic E-state index is -0.229. The summed E-state index contributed by atoms with van der Waals surface area (Å²) in [5.41, 5.74) is 1.01. The van der Waals surface area contributed by atoms with Gasteiger partial charge in [-0.05, 0) is 29.8 Å². The third-order valence-corrected chi connectivity index (χ3v) is 4.42. The second-order valence-electron chi connectivity index (χ2n) is 4.96. The number of carbonyl (C=O) groups excluding carboxylic acids is 1. The van der Waals surface area contributed by atoms with Crippen molar-refractivity contribution in [1.82, 2.24) is 10.2 Å². The van der Waals surface area contributed by atoms with Crippen LogP contribution in [0.1, 0.15) is 16.3 Å². The Hall–Kier alpha value is -2.38. The molecule has 0 fully saturated rings. The molecular weight excluding hydrogens is 350 g/mol. The number of amides is 1.